The van der Waals surface area contributed by atoms with E-state index in [1.54, 1.807) is 36.5 Å². The molecule has 2 aliphatic heterocycles. The van der Waals surface area contributed by atoms with Crippen LogP contribution in [0.2, 0.25) is 0 Å². The number of halogens is 1. The number of ketones is 1. The molecule has 5 rings (SSSR count). The number of benzene rings is 1. The van der Waals surface area contributed by atoms with Crippen molar-refractivity contribution in [3.8, 4) is 0 Å². The molecule has 1 aliphatic carbocycles. The van der Waals surface area contributed by atoms with Crippen molar-refractivity contribution < 1.29 is 23.9 Å². The molecule has 1 amide bonds. The summed E-state index contributed by atoms with van der Waals surface area (Å²) in [5, 5.41) is -0.0922. The van der Waals surface area contributed by atoms with Crippen molar-refractivity contribution >= 4 is 35.1 Å². The lowest BCUT2D eigenvalue weighted by Gasteiger charge is -2.37. The van der Waals surface area contributed by atoms with E-state index in [2.05, 4.69) is 4.98 Å². The fourth-order valence-corrected chi connectivity index (χ4v) is 5.26. The number of esters is 1. The Kier molecular flexibility index (Phi) is 5.44. The van der Waals surface area contributed by atoms with Crippen molar-refractivity contribution in [3.63, 3.8) is 0 Å². The first kappa shape index (κ1) is 21.6. The van der Waals surface area contributed by atoms with Gasteiger partial charge in [-0.1, -0.05) is 12.1 Å². The fourth-order valence-electron chi connectivity index (χ4n) is 4.94. The van der Waals surface area contributed by atoms with Gasteiger partial charge >= 0.3 is 5.97 Å². The highest BCUT2D eigenvalue weighted by molar-refractivity contribution is 6.21. The maximum Gasteiger partial charge on any atom is 0.337 e. The van der Waals surface area contributed by atoms with E-state index in [-0.39, 0.29) is 34.8 Å². The van der Waals surface area contributed by atoms with Crippen LogP contribution in [0.4, 0.5) is 5.82 Å². The molecule has 8 heteroatoms. The topological polar surface area (TPSA) is 85.8 Å². The molecule has 7 nitrogen and oxygen atoms in total. The summed E-state index contributed by atoms with van der Waals surface area (Å²) < 4.78 is 11.0. The minimum Gasteiger partial charge on any atom is -0.483 e. The van der Waals surface area contributed by atoms with Crippen molar-refractivity contribution in [3.05, 3.63) is 70.6 Å². The molecule has 1 aromatic heterocycles. The van der Waals surface area contributed by atoms with Crippen LogP contribution < -0.4 is 4.90 Å². The second kappa shape index (κ2) is 8.30. The van der Waals surface area contributed by atoms with Crippen molar-refractivity contribution in [2.75, 3.05) is 12.0 Å². The van der Waals surface area contributed by atoms with Crippen molar-refractivity contribution in [2.24, 2.45) is 5.92 Å². The largest absolute Gasteiger partial charge is 0.483 e. The van der Waals surface area contributed by atoms with Gasteiger partial charge in [0, 0.05) is 11.6 Å². The first-order valence-corrected chi connectivity index (χ1v) is 11.4. The van der Waals surface area contributed by atoms with Gasteiger partial charge in [0.25, 0.3) is 5.91 Å². The Morgan fingerprint density at radius 3 is 2.64 bits per heavy atom. The lowest BCUT2D eigenvalue weighted by molar-refractivity contribution is -0.131. The molecular formula is C25H23ClN2O5. The van der Waals surface area contributed by atoms with Crippen LogP contribution in [-0.2, 0) is 19.1 Å². The monoisotopic (exact) mass is 466 g/mol. The Bertz CT molecular complexity index is 1180. The van der Waals surface area contributed by atoms with Crippen molar-refractivity contribution in [2.45, 2.75) is 43.7 Å². The number of methoxy groups -OCH3 is 1. The number of aromatic nitrogens is 1. The number of fused-ring (bicyclic) bond motifs is 1. The number of anilines is 1. The number of rotatable bonds is 3. The number of pyridine rings is 1. The first-order valence-electron chi connectivity index (χ1n) is 10.9. The van der Waals surface area contributed by atoms with E-state index in [9.17, 15) is 14.4 Å². The summed E-state index contributed by atoms with van der Waals surface area (Å²) in [5.41, 5.74) is 2.32. The van der Waals surface area contributed by atoms with Crippen LogP contribution in [0.3, 0.4) is 0 Å². The molecule has 33 heavy (non-hydrogen) atoms. The summed E-state index contributed by atoms with van der Waals surface area (Å²) in [4.78, 5) is 45.1. The number of amides is 1. The molecule has 0 N–H and O–H groups in total. The van der Waals surface area contributed by atoms with Gasteiger partial charge < -0.3 is 9.47 Å². The highest BCUT2D eigenvalue weighted by Crippen LogP contribution is 2.48. The maximum absolute atomic E-state index is 13.7. The number of hydrogen-bond acceptors (Lipinski definition) is 6. The van der Waals surface area contributed by atoms with Crippen LogP contribution in [0.1, 0.15) is 46.8 Å². The van der Waals surface area contributed by atoms with E-state index in [4.69, 9.17) is 21.1 Å². The molecule has 0 saturated heterocycles. The number of aryl methyl sites for hydroxylation is 1. The molecule has 3 aliphatic rings. The zero-order valence-corrected chi connectivity index (χ0v) is 19.0. The van der Waals surface area contributed by atoms with Crippen LogP contribution in [0.15, 0.2) is 53.9 Å². The average Bonchev–Trinajstić information content (AvgIpc) is 3.11. The maximum atomic E-state index is 13.7. The van der Waals surface area contributed by atoms with Crippen molar-refractivity contribution in [1.29, 1.82) is 0 Å². The number of carbonyl (C=O) groups excluding carboxylic acids is 3. The van der Waals surface area contributed by atoms with Crippen molar-refractivity contribution in [1.82, 2.24) is 4.98 Å². The smallest absolute Gasteiger partial charge is 0.337 e. The number of ether oxygens (including phenoxy) is 2. The van der Waals surface area contributed by atoms with E-state index >= 15 is 0 Å². The SMILES string of the molecule is COC(=O)c1ccc(C2C3=C(OC4CCC(Cl)CC4C3=O)C(=O)N2c2cc(C)ccn2)cc1. The molecule has 4 unspecified atom stereocenters. The lowest BCUT2D eigenvalue weighted by atomic mass is 9.77. The normalized spacial score (nSPS) is 26.6. The molecule has 1 fully saturated rings. The number of carbonyl (C=O) groups is 3. The third-order valence-electron chi connectivity index (χ3n) is 6.58. The molecule has 170 valence electrons. The Morgan fingerprint density at radius 2 is 1.94 bits per heavy atom. The molecule has 1 aromatic carbocycles. The molecule has 0 bridgehead atoms. The van der Waals surface area contributed by atoms with Crippen LogP contribution in [0, 0.1) is 12.8 Å². The standard InChI is InChI=1S/C25H23ClN2O5/c1-13-9-10-27-19(11-13)28-21(14-3-5-15(6-4-14)25(31)32-2)20-22(29)17-12-16(26)7-8-18(17)33-23(20)24(28)30/h3-6,9-11,16-18,21H,7-8,12H2,1-2H3. The van der Waals surface area contributed by atoms with E-state index in [1.165, 1.54) is 12.0 Å². The quantitative estimate of drug-likeness (QED) is 0.504. The molecular weight excluding hydrogens is 444 g/mol. The van der Waals surface area contributed by atoms with Crippen LogP contribution in [-0.4, -0.2) is 41.2 Å². The minimum atomic E-state index is -0.711. The summed E-state index contributed by atoms with van der Waals surface area (Å²) in [5.74, 6) is -0.792. The van der Waals surface area contributed by atoms with Gasteiger partial charge in [0.2, 0.25) is 0 Å². The molecule has 0 radical (unpaired) electrons. The van der Waals surface area contributed by atoms with Crippen LogP contribution in [0.5, 0.6) is 0 Å². The first-order chi connectivity index (χ1) is 15.9. The van der Waals surface area contributed by atoms with E-state index in [0.717, 1.165) is 12.0 Å². The number of hydrogen-bond donors (Lipinski definition) is 0. The van der Waals surface area contributed by atoms with E-state index in [1.807, 2.05) is 13.0 Å². The van der Waals surface area contributed by atoms with Gasteiger partial charge in [-0.15, -0.1) is 11.6 Å². The average molecular weight is 467 g/mol. The Labute approximate surface area is 196 Å². The number of nitrogens with zero attached hydrogens (tertiary/aromatic N) is 2. The highest BCUT2D eigenvalue weighted by Gasteiger charge is 2.53. The summed E-state index contributed by atoms with van der Waals surface area (Å²) >= 11 is 6.37. The third-order valence-corrected chi connectivity index (χ3v) is 6.98. The van der Waals surface area contributed by atoms with Gasteiger partial charge in [0.15, 0.2) is 11.5 Å². The van der Waals surface area contributed by atoms with Gasteiger partial charge in [0.05, 0.1) is 30.2 Å². The van der Waals surface area contributed by atoms with Gasteiger partial charge in [-0.05, 0) is 61.6 Å². The van der Waals surface area contributed by atoms with E-state index in [0.29, 0.717) is 35.4 Å². The Balaban J connectivity index is 1.62. The van der Waals surface area contributed by atoms with Gasteiger partial charge in [0.1, 0.15) is 11.9 Å². The molecule has 2 aromatic rings. The predicted molar refractivity (Wildman–Crippen MR) is 121 cm³/mol. The summed E-state index contributed by atoms with van der Waals surface area (Å²) in [6, 6.07) is 9.64. The van der Waals surface area contributed by atoms with Crippen LogP contribution >= 0.6 is 11.6 Å². The number of alkyl halides is 1. The summed E-state index contributed by atoms with van der Waals surface area (Å²) in [6.45, 7) is 1.91. The van der Waals surface area contributed by atoms with E-state index < -0.39 is 12.0 Å². The molecule has 4 atom stereocenters. The second-order valence-electron chi connectivity index (χ2n) is 8.66. The summed E-state index contributed by atoms with van der Waals surface area (Å²) in [7, 11) is 1.32. The summed E-state index contributed by atoms with van der Waals surface area (Å²) in [6.07, 6.45) is 3.19. The second-order valence-corrected chi connectivity index (χ2v) is 9.28. The molecule has 3 heterocycles. The number of Topliss-reactive ketones (excluding diaryl/α,β-unsaturated/α-hetero) is 1. The minimum absolute atomic E-state index is 0.0922. The fraction of sp³-hybridized carbons (Fsp3) is 0.360. The van der Waals surface area contributed by atoms with Gasteiger partial charge in [-0.3, -0.25) is 14.5 Å². The Morgan fingerprint density at radius 1 is 1.18 bits per heavy atom. The van der Waals surface area contributed by atoms with Crippen LogP contribution in [0.25, 0.3) is 0 Å². The van der Waals surface area contributed by atoms with Gasteiger partial charge in [-0.25, -0.2) is 9.78 Å². The predicted octanol–water partition coefficient (Wildman–Crippen LogP) is 3.89. The molecule has 0 spiro atoms. The third kappa shape index (κ3) is 3.60. The Hall–Kier alpha value is -3.19. The lowest BCUT2D eigenvalue weighted by Crippen LogP contribution is -2.41. The zero-order valence-electron chi connectivity index (χ0n) is 18.3. The zero-order chi connectivity index (χ0) is 23.3. The van der Waals surface area contributed by atoms with Gasteiger partial charge in [-0.2, -0.15) is 0 Å². The molecule has 1 saturated carbocycles. The highest BCUT2D eigenvalue weighted by atomic mass is 35.5.